The summed E-state index contributed by atoms with van der Waals surface area (Å²) in [5.41, 5.74) is 1.78. The monoisotopic (exact) mass is 419 g/mol. The van der Waals surface area contributed by atoms with Crippen molar-refractivity contribution in [2.75, 3.05) is 10.6 Å². The first kappa shape index (κ1) is 21.2. The van der Waals surface area contributed by atoms with E-state index in [0.717, 1.165) is 0 Å². The number of hydrogen-bond donors (Lipinski definition) is 3. The molecule has 0 aliphatic rings. The van der Waals surface area contributed by atoms with Crippen molar-refractivity contribution in [2.24, 2.45) is 0 Å². The van der Waals surface area contributed by atoms with Crippen LogP contribution >= 0.6 is 0 Å². The van der Waals surface area contributed by atoms with Crippen LogP contribution in [-0.2, 0) is 0 Å². The van der Waals surface area contributed by atoms with Crippen LogP contribution in [0, 0.1) is 17.0 Å². The molecule has 0 fully saturated rings. The molecule has 0 aliphatic heterocycles. The lowest BCUT2D eigenvalue weighted by Crippen LogP contribution is -2.14. The van der Waals surface area contributed by atoms with E-state index in [1.165, 1.54) is 60.7 Å². The smallest absolute Gasteiger partial charge is 0.335 e. The molecule has 3 aromatic rings. The van der Waals surface area contributed by atoms with E-state index >= 15 is 0 Å². The Labute approximate surface area is 176 Å². The molecular formula is C22H17N3O6. The van der Waals surface area contributed by atoms with E-state index in [1.807, 2.05) is 0 Å². The molecule has 156 valence electrons. The number of nitrogens with one attached hydrogen (secondary N) is 2. The summed E-state index contributed by atoms with van der Waals surface area (Å²) in [6.07, 6.45) is 0. The summed E-state index contributed by atoms with van der Waals surface area (Å²) >= 11 is 0. The van der Waals surface area contributed by atoms with Crippen LogP contribution in [0.15, 0.2) is 66.7 Å². The molecule has 3 N–H and O–H groups in total. The van der Waals surface area contributed by atoms with Gasteiger partial charge in [-0.2, -0.15) is 0 Å². The Kier molecular flexibility index (Phi) is 6.06. The summed E-state index contributed by atoms with van der Waals surface area (Å²) in [4.78, 5) is 46.2. The molecule has 2 amide bonds. The lowest BCUT2D eigenvalue weighted by molar-refractivity contribution is -0.384. The van der Waals surface area contributed by atoms with Crippen molar-refractivity contribution in [3.05, 3.63) is 99.1 Å². The highest BCUT2D eigenvalue weighted by molar-refractivity contribution is 6.07. The fraction of sp³-hybridized carbons (Fsp3) is 0.0455. The van der Waals surface area contributed by atoms with Crippen molar-refractivity contribution in [1.29, 1.82) is 0 Å². The van der Waals surface area contributed by atoms with E-state index in [-0.39, 0.29) is 16.8 Å². The molecule has 3 aromatic carbocycles. The van der Waals surface area contributed by atoms with Gasteiger partial charge in [0.1, 0.15) is 0 Å². The maximum Gasteiger partial charge on any atom is 0.335 e. The van der Waals surface area contributed by atoms with E-state index in [4.69, 9.17) is 5.11 Å². The van der Waals surface area contributed by atoms with Gasteiger partial charge in [0.2, 0.25) is 0 Å². The zero-order valence-corrected chi connectivity index (χ0v) is 16.3. The Morgan fingerprint density at radius 1 is 0.839 bits per heavy atom. The van der Waals surface area contributed by atoms with E-state index < -0.39 is 22.7 Å². The predicted octanol–water partition coefficient (Wildman–Crippen LogP) is 4.11. The Morgan fingerprint density at radius 2 is 1.48 bits per heavy atom. The molecule has 0 aromatic heterocycles. The number of non-ortho nitro benzene ring substituents is 1. The van der Waals surface area contributed by atoms with Crippen molar-refractivity contribution < 1.29 is 24.4 Å². The first-order valence-electron chi connectivity index (χ1n) is 9.06. The third kappa shape index (κ3) is 5.10. The molecule has 0 atom stereocenters. The summed E-state index contributed by atoms with van der Waals surface area (Å²) in [5.74, 6) is -2.07. The SMILES string of the molecule is Cc1ccc(C(=O)O)cc1NC(=O)c1ccc(NC(=O)c2cccc([N+](=O)[O-])c2)cc1. The van der Waals surface area contributed by atoms with Crippen LogP contribution < -0.4 is 10.6 Å². The number of benzene rings is 3. The number of carboxylic acids is 1. The van der Waals surface area contributed by atoms with Gasteiger partial charge in [-0.25, -0.2) is 4.79 Å². The van der Waals surface area contributed by atoms with Gasteiger partial charge < -0.3 is 15.7 Å². The number of aryl methyl sites for hydroxylation is 1. The number of nitro groups is 1. The maximum atomic E-state index is 12.5. The summed E-state index contributed by atoms with van der Waals surface area (Å²) in [6, 6.07) is 15.8. The average Bonchev–Trinajstić information content (AvgIpc) is 2.75. The Morgan fingerprint density at radius 3 is 2.13 bits per heavy atom. The fourth-order valence-corrected chi connectivity index (χ4v) is 2.75. The van der Waals surface area contributed by atoms with Crippen molar-refractivity contribution in [1.82, 2.24) is 0 Å². The number of anilines is 2. The van der Waals surface area contributed by atoms with Crippen molar-refractivity contribution in [3.63, 3.8) is 0 Å². The lowest BCUT2D eigenvalue weighted by atomic mass is 10.1. The van der Waals surface area contributed by atoms with Gasteiger partial charge in [-0.05, 0) is 55.0 Å². The van der Waals surface area contributed by atoms with Crippen LogP contribution in [0.4, 0.5) is 17.1 Å². The number of carboxylic acid groups (broad SMARTS) is 1. The van der Waals surface area contributed by atoms with E-state index in [2.05, 4.69) is 10.6 Å². The average molecular weight is 419 g/mol. The molecule has 0 spiro atoms. The van der Waals surface area contributed by atoms with Gasteiger partial charge in [0.05, 0.1) is 10.5 Å². The summed E-state index contributed by atoms with van der Waals surface area (Å²) in [6.45, 7) is 1.74. The van der Waals surface area contributed by atoms with E-state index in [1.54, 1.807) is 13.0 Å². The number of aromatic carboxylic acids is 1. The van der Waals surface area contributed by atoms with Crippen LogP contribution in [0.1, 0.15) is 36.6 Å². The van der Waals surface area contributed by atoms with Gasteiger partial charge in [-0.3, -0.25) is 19.7 Å². The number of nitro benzene ring substituents is 1. The maximum absolute atomic E-state index is 12.5. The minimum absolute atomic E-state index is 0.0557. The normalized spacial score (nSPS) is 10.2. The van der Waals surface area contributed by atoms with Gasteiger partial charge in [0.15, 0.2) is 0 Å². The molecule has 0 saturated heterocycles. The van der Waals surface area contributed by atoms with Crippen molar-refractivity contribution in [3.8, 4) is 0 Å². The molecule has 9 nitrogen and oxygen atoms in total. The van der Waals surface area contributed by atoms with Gasteiger partial charge in [0, 0.05) is 34.6 Å². The minimum atomic E-state index is -1.10. The topological polar surface area (TPSA) is 139 Å². The number of carbonyl (C=O) groups is 3. The van der Waals surface area contributed by atoms with E-state index in [9.17, 15) is 24.5 Å². The molecule has 0 unspecified atom stereocenters. The third-order valence-corrected chi connectivity index (χ3v) is 4.46. The Hall–Kier alpha value is -4.53. The Bertz CT molecular complexity index is 1190. The molecular weight excluding hydrogens is 402 g/mol. The standard InChI is InChI=1S/C22H17N3O6/c1-13-5-6-16(22(28)29)12-19(13)24-20(26)14-7-9-17(10-8-14)23-21(27)15-3-2-4-18(11-15)25(30)31/h2-12H,1H3,(H,23,27)(H,24,26)(H,28,29). The molecule has 0 radical (unpaired) electrons. The predicted molar refractivity (Wildman–Crippen MR) is 114 cm³/mol. The number of nitrogens with zero attached hydrogens (tertiary/aromatic N) is 1. The largest absolute Gasteiger partial charge is 0.478 e. The summed E-state index contributed by atoms with van der Waals surface area (Å²) in [5, 5.41) is 25.2. The molecule has 0 bridgehead atoms. The second-order valence-electron chi connectivity index (χ2n) is 6.63. The second kappa shape index (κ2) is 8.87. The lowest BCUT2D eigenvalue weighted by Gasteiger charge is -2.10. The van der Waals surface area contributed by atoms with E-state index in [0.29, 0.717) is 22.5 Å². The van der Waals surface area contributed by atoms with Crippen LogP contribution in [0.2, 0.25) is 0 Å². The summed E-state index contributed by atoms with van der Waals surface area (Å²) < 4.78 is 0. The summed E-state index contributed by atoms with van der Waals surface area (Å²) in [7, 11) is 0. The van der Waals surface area contributed by atoms with Gasteiger partial charge in [0.25, 0.3) is 17.5 Å². The van der Waals surface area contributed by atoms with Gasteiger partial charge in [-0.15, -0.1) is 0 Å². The van der Waals surface area contributed by atoms with Crippen LogP contribution in [0.5, 0.6) is 0 Å². The molecule has 9 heteroatoms. The van der Waals surface area contributed by atoms with Crippen LogP contribution in [0.3, 0.4) is 0 Å². The van der Waals surface area contributed by atoms with Gasteiger partial charge >= 0.3 is 5.97 Å². The first-order chi connectivity index (χ1) is 14.7. The quantitative estimate of drug-likeness (QED) is 0.406. The molecule has 0 aliphatic carbocycles. The highest BCUT2D eigenvalue weighted by Crippen LogP contribution is 2.19. The second-order valence-corrected chi connectivity index (χ2v) is 6.63. The molecule has 3 rings (SSSR count). The molecule has 0 saturated carbocycles. The zero-order chi connectivity index (χ0) is 22.5. The fourth-order valence-electron chi connectivity index (χ4n) is 2.75. The third-order valence-electron chi connectivity index (χ3n) is 4.46. The highest BCUT2D eigenvalue weighted by atomic mass is 16.6. The Balaban J connectivity index is 1.70. The first-order valence-corrected chi connectivity index (χ1v) is 9.06. The number of rotatable bonds is 6. The molecule has 31 heavy (non-hydrogen) atoms. The highest BCUT2D eigenvalue weighted by Gasteiger charge is 2.13. The van der Waals surface area contributed by atoms with Gasteiger partial charge in [-0.1, -0.05) is 12.1 Å². The van der Waals surface area contributed by atoms with Crippen molar-refractivity contribution >= 4 is 34.8 Å². The minimum Gasteiger partial charge on any atom is -0.478 e. The van der Waals surface area contributed by atoms with Crippen LogP contribution in [-0.4, -0.2) is 27.8 Å². The van der Waals surface area contributed by atoms with Crippen LogP contribution in [0.25, 0.3) is 0 Å². The van der Waals surface area contributed by atoms with Crippen molar-refractivity contribution in [2.45, 2.75) is 6.92 Å². The zero-order valence-electron chi connectivity index (χ0n) is 16.3. The number of carbonyl (C=O) groups excluding carboxylic acids is 2. The number of hydrogen-bond acceptors (Lipinski definition) is 5. The molecule has 0 heterocycles. The number of amides is 2.